The maximum Gasteiger partial charge on any atom is 0.220 e. The molecule has 5 heteroatoms. The molecular formula is C21H27N5. The van der Waals surface area contributed by atoms with E-state index in [0.29, 0.717) is 11.9 Å². The van der Waals surface area contributed by atoms with Gasteiger partial charge >= 0.3 is 0 Å². The van der Waals surface area contributed by atoms with Crippen LogP contribution in [0.3, 0.4) is 0 Å². The molecule has 0 amide bonds. The largest absolute Gasteiger partial charge is 0.369 e. The monoisotopic (exact) mass is 349 g/mol. The van der Waals surface area contributed by atoms with E-state index in [2.05, 4.69) is 53.2 Å². The maximum absolute atomic E-state index is 6.41. The first-order chi connectivity index (χ1) is 12.6. The first-order valence-corrected chi connectivity index (χ1v) is 9.65. The molecule has 1 spiro atoms. The minimum Gasteiger partial charge on any atom is -0.369 e. The average molecular weight is 349 g/mol. The van der Waals surface area contributed by atoms with Gasteiger partial charge in [0.25, 0.3) is 0 Å². The zero-order valence-corrected chi connectivity index (χ0v) is 15.4. The van der Waals surface area contributed by atoms with Gasteiger partial charge in [0.1, 0.15) is 5.66 Å². The van der Waals surface area contributed by atoms with Crippen LogP contribution in [-0.4, -0.2) is 17.6 Å². The third-order valence-corrected chi connectivity index (χ3v) is 5.60. The summed E-state index contributed by atoms with van der Waals surface area (Å²) in [7, 11) is 0. The van der Waals surface area contributed by atoms with Gasteiger partial charge in [0.15, 0.2) is 0 Å². The van der Waals surface area contributed by atoms with Crippen molar-refractivity contribution in [3.8, 4) is 0 Å². The number of aryl methyl sites for hydroxylation is 1. The van der Waals surface area contributed by atoms with E-state index in [1.165, 1.54) is 22.8 Å². The number of guanidine groups is 2. The predicted molar refractivity (Wildman–Crippen MR) is 109 cm³/mol. The minimum absolute atomic E-state index is 0.299. The van der Waals surface area contributed by atoms with Gasteiger partial charge in [-0.05, 0) is 49.1 Å². The molecule has 4 rings (SSSR count). The van der Waals surface area contributed by atoms with Crippen molar-refractivity contribution >= 4 is 28.4 Å². The highest BCUT2D eigenvalue weighted by molar-refractivity contribution is 6.10. The summed E-state index contributed by atoms with van der Waals surface area (Å²) < 4.78 is 0. The SMILES string of the molecule is CCCc1ccc(N2C(N)=NC(N)=NC23CCCCC3)c2ccccc12. The summed E-state index contributed by atoms with van der Waals surface area (Å²) in [6, 6.07) is 13.0. The van der Waals surface area contributed by atoms with E-state index in [-0.39, 0.29) is 0 Å². The van der Waals surface area contributed by atoms with Crippen LogP contribution < -0.4 is 16.4 Å². The molecule has 0 saturated heterocycles. The fraction of sp³-hybridized carbons (Fsp3) is 0.429. The lowest BCUT2D eigenvalue weighted by Crippen LogP contribution is -2.58. The lowest BCUT2D eigenvalue weighted by atomic mass is 9.86. The fourth-order valence-electron chi connectivity index (χ4n) is 4.50. The van der Waals surface area contributed by atoms with Crippen LogP contribution in [0.2, 0.25) is 0 Å². The van der Waals surface area contributed by atoms with Crippen LogP contribution in [0.4, 0.5) is 5.69 Å². The lowest BCUT2D eigenvalue weighted by Gasteiger charge is -2.46. The molecule has 1 aliphatic heterocycles. The van der Waals surface area contributed by atoms with Crippen molar-refractivity contribution < 1.29 is 0 Å². The van der Waals surface area contributed by atoms with Crippen molar-refractivity contribution in [3.05, 3.63) is 42.0 Å². The van der Waals surface area contributed by atoms with Gasteiger partial charge in [0, 0.05) is 5.39 Å². The third-order valence-electron chi connectivity index (χ3n) is 5.60. The van der Waals surface area contributed by atoms with E-state index < -0.39 is 5.66 Å². The van der Waals surface area contributed by atoms with Gasteiger partial charge < -0.3 is 11.5 Å². The summed E-state index contributed by atoms with van der Waals surface area (Å²) in [6.45, 7) is 2.21. The number of aliphatic imine (C=N–C) groups is 2. The van der Waals surface area contributed by atoms with Crippen LogP contribution in [0, 0.1) is 0 Å². The molecule has 2 aromatic carbocycles. The Bertz CT molecular complexity index is 877. The molecular weight excluding hydrogens is 322 g/mol. The lowest BCUT2D eigenvalue weighted by molar-refractivity contribution is 0.306. The van der Waals surface area contributed by atoms with Crippen LogP contribution in [0.1, 0.15) is 51.0 Å². The number of hydrogen-bond donors (Lipinski definition) is 2. The van der Waals surface area contributed by atoms with Gasteiger partial charge in [-0.2, -0.15) is 4.99 Å². The molecule has 1 heterocycles. The summed E-state index contributed by atoms with van der Waals surface area (Å²) in [4.78, 5) is 11.2. The normalized spacial score (nSPS) is 19.5. The summed E-state index contributed by atoms with van der Waals surface area (Å²) in [5.41, 5.74) is 14.5. The highest BCUT2D eigenvalue weighted by Crippen LogP contribution is 2.42. The topological polar surface area (TPSA) is 80.0 Å². The van der Waals surface area contributed by atoms with Gasteiger partial charge in [-0.15, -0.1) is 0 Å². The van der Waals surface area contributed by atoms with Crippen molar-refractivity contribution in [2.24, 2.45) is 21.5 Å². The molecule has 4 N–H and O–H groups in total. The number of rotatable bonds is 3. The molecule has 0 aromatic heterocycles. The molecule has 136 valence electrons. The van der Waals surface area contributed by atoms with Crippen molar-refractivity contribution in [1.29, 1.82) is 0 Å². The Morgan fingerprint density at radius 3 is 2.46 bits per heavy atom. The number of nitrogens with two attached hydrogens (primary N) is 2. The molecule has 1 aliphatic carbocycles. The molecule has 2 aliphatic rings. The van der Waals surface area contributed by atoms with Crippen molar-refractivity contribution in [1.82, 2.24) is 0 Å². The van der Waals surface area contributed by atoms with Crippen LogP contribution >= 0.6 is 0 Å². The average Bonchev–Trinajstić information content (AvgIpc) is 2.63. The second-order valence-corrected chi connectivity index (χ2v) is 7.36. The number of anilines is 1. The molecule has 1 fully saturated rings. The Balaban J connectivity index is 1.90. The Kier molecular flexibility index (Phi) is 4.31. The van der Waals surface area contributed by atoms with Crippen molar-refractivity contribution in [2.45, 2.75) is 57.5 Å². The third kappa shape index (κ3) is 2.71. The first kappa shape index (κ1) is 16.9. The second kappa shape index (κ2) is 6.63. The number of benzene rings is 2. The van der Waals surface area contributed by atoms with E-state index in [9.17, 15) is 0 Å². The minimum atomic E-state index is -0.400. The van der Waals surface area contributed by atoms with Gasteiger partial charge in [0.05, 0.1) is 5.69 Å². The molecule has 0 bridgehead atoms. The van der Waals surface area contributed by atoms with Crippen LogP contribution in [0.5, 0.6) is 0 Å². The Morgan fingerprint density at radius 1 is 1.00 bits per heavy atom. The number of nitrogens with zero attached hydrogens (tertiary/aromatic N) is 3. The molecule has 26 heavy (non-hydrogen) atoms. The van der Waals surface area contributed by atoms with Crippen molar-refractivity contribution in [3.63, 3.8) is 0 Å². The van der Waals surface area contributed by atoms with Crippen LogP contribution in [-0.2, 0) is 6.42 Å². The number of hydrogen-bond acceptors (Lipinski definition) is 5. The van der Waals surface area contributed by atoms with Gasteiger partial charge in [0.2, 0.25) is 11.9 Å². The standard InChI is InChI=1S/C21H27N5/c1-2-8-15-11-12-18(17-10-5-4-9-16(15)17)26-20(23)24-19(22)25-21(26)13-6-3-7-14-21/h4-5,9-12H,2-3,6-8,13-14H2,1H3,(H4,22,23,24,25). The Hall–Kier alpha value is -2.56. The van der Waals surface area contributed by atoms with Crippen LogP contribution in [0.15, 0.2) is 46.4 Å². The molecule has 5 nitrogen and oxygen atoms in total. The van der Waals surface area contributed by atoms with Crippen molar-refractivity contribution in [2.75, 3.05) is 4.90 Å². The zero-order valence-electron chi connectivity index (χ0n) is 15.4. The van der Waals surface area contributed by atoms with E-state index >= 15 is 0 Å². The van der Waals surface area contributed by atoms with Gasteiger partial charge in [-0.25, -0.2) is 4.99 Å². The van der Waals surface area contributed by atoms with E-state index in [1.54, 1.807) is 0 Å². The quantitative estimate of drug-likeness (QED) is 0.882. The highest BCUT2D eigenvalue weighted by Gasteiger charge is 2.43. The Labute approximate surface area is 154 Å². The zero-order chi connectivity index (χ0) is 18.1. The molecule has 2 aromatic rings. The summed E-state index contributed by atoms with van der Waals surface area (Å²) >= 11 is 0. The van der Waals surface area contributed by atoms with Gasteiger partial charge in [-0.3, -0.25) is 4.90 Å². The smallest absolute Gasteiger partial charge is 0.220 e. The summed E-state index contributed by atoms with van der Waals surface area (Å²) in [6.07, 6.45) is 7.60. The second-order valence-electron chi connectivity index (χ2n) is 7.36. The molecule has 1 saturated carbocycles. The summed E-state index contributed by atoms with van der Waals surface area (Å²) in [5.74, 6) is 0.750. The first-order valence-electron chi connectivity index (χ1n) is 9.65. The summed E-state index contributed by atoms with van der Waals surface area (Å²) in [5, 5.41) is 2.49. The van der Waals surface area contributed by atoms with Gasteiger partial charge in [-0.1, -0.05) is 50.1 Å². The highest BCUT2D eigenvalue weighted by atomic mass is 15.4. The fourth-order valence-corrected chi connectivity index (χ4v) is 4.50. The predicted octanol–water partition coefficient (Wildman–Crippen LogP) is 3.90. The molecule has 0 unspecified atom stereocenters. The molecule has 0 atom stereocenters. The molecule has 0 radical (unpaired) electrons. The van der Waals surface area contributed by atoms with E-state index in [4.69, 9.17) is 16.5 Å². The van der Waals surface area contributed by atoms with E-state index in [1.807, 2.05) is 0 Å². The maximum atomic E-state index is 6.41. The Morgan fingerprint density at radius 2 is 1.73 bits per heavy atom. The van der Waals surface area contributed by atoms with E-state index in [0.717, 1.165) is 44.2 Å². The number of fused-ring (bicyclic) bond motifs is 1. The van der Waals surface area contributed by atoms with Crippen LogP contribution in [0.25, 0.3) is 10.8 Å².